The van der Waals surface area contributed by atoms with Gasteiger partial charge in [-0.25, -0.2) is 24.5 Å². The highest BCUT2D eigenvalue weighted by Crippen LogP contribution is 2.54. The fourth-order valence-electron chi connectivity index (χ4n) is 10.9. The molecule has 4 fully saturated rings. The van der Waals surface area contributed by atoms with E-state index in [9.17, 15) is 19.2 Å². The number of ether oxygens (including phenoxy) is 2. The second-order valence-electron chi connectivity index (χ2n) is 18.5. The summed E-state index contributed by atoms with van der Waals surface area (Å²) in [6.07, 6.45) is 9.57. The molecule has 62 heavy (non-hydrogen) atoms. The third kappa shape index (κ3) is 6.69. The van der Waals surface area contributed by atoms with Crippen molar-refractivity contribution in [3.8, 4) is 33.6 Å². The van der Waals surface area contributed by atoms with Gasteiger partial charge in [0, 0.05) is 31.3 Å². The smallest absolute Gasteiger partial charge is 0.407 e. The van der Waals surface area contributed by atoms with E-state index < -0.39 is 35.3 Å². The number of fused-ring (bicyclic) bond motifs is 5. The number of hydrogen-bond donors (Lipinski definition) is 4. The summed E-state index contributed by atoms with van der Waals surface area (Å²) in [5.41, 5.74) is 6.28. The molecule has 6 atom stereocenters. The molecule has 5 heterocycles. The fourth-order valence-corrected chi connectivity index (χ4v) is 10.9. The van der Waals surface area contributed by atoms with E-state index in [1.54, 1.807) is 0 Å². The molecular formula is C46H56N10O6. The van der Waals surface area contributed by atoms with Gasteiger partial charge in [0.05, 0.1) is 55.4 Å². The number of aryl methyl sites for hydroxylation is 1. The number of amides is 4. The van der Waals surface area contributed by atoms with Crippen molar-refractivity contribution in [2.75, 3.05) is 27.3 Å². The van der Waals surface area contributed by atoms with Gasteiger partial charge in [0.15, 0.2) is 0 Å². The largest absolute Gasteiger partial charge is 0.453 e. The molecule has 4 aliphatic rings. The molecule has 2 aromatic carbocycles. The van der Waals surface area contributed by atoms with Gasteiger partial charge in [0.2, 0.25) is 11.8 Å². The molecule has 2 aliphatic carbocycles. The van der Waals surface area contributed by atoms with Crippen molar-refractivity contribution in [2.24, 2.45) is 30.7 Å². The highest BCUT2D eigenvalue weighted by molar-refractivity contribution is 6.00. The van der Waals surface area contributed by atoms with Gasteiger partial charge < -0.3 is 44.4 Å². The number of aromatic amines is 2. The average Bonchev–Trinajstić information content (AvgIpc) is 4.14. The zero-order chi connectivity index (χ0) is 43.7. The molecule has 4 amide bonds. The van der Waals surface area contributed by atoms with Crippen molar-refractivity contribution in [2.45, 2.75) is 89.4 Å². The second kappa shape index (κ2) is 15.6. The quantitative estimate of drug-likeness (QED) is 0.116. The minimum Gasteiger partial charge on any atom is -0.453 e. The van der Waals surface area contributed by atoms with Crippen LogP contribution >= 0.6 is 0 Å². The zero-order valence-corrected chi connectivity index (χ0v) is 36.4. The van der Waals surface area contributed by atoms with Crippen LogP contribution in [0.5, 0.6) is 0 Å². The lowest BCUT2D eigenvalue weighted by Crippen LogP contribution is -2.56. The monoisotopic (exact) mass is 844 g/mol. The standard InChI is InChI=1S/C46H56N10O6/c1-25(2)35(52-43(59)61-6)39(57)55-22-27-14-16-45(55,18-27)41-47-20-33(50-41)30-10-8-29(9-11-30)31-12-13-32(38-37(31)49-24-54(38)5)34-21-48-42(51-34)46-17-15-28(19-46)23-56(46)40(58)36(26(3)4)53-44(60)62-7/h8-13,20-21,24-28,35-36H,14-19,22-23H2,1-7H3,(H,47,50)(H,48,51)(H,52,59)(H,53,60)/t27-,28-,35-,36-,45?,46+/m0/s1. The number of methoxy groups -OCH3 is 2. The molecule has 0 spiro atoms. The van der Waals surface area contributed by atoms with Crippen LogP contribution in [0.4, 0.5) is 9.59 Å². The molecular weight excluding hydrogens is 789 g/mol. The van der Waals surface area contributed by atoms with E-state index in [1.807, 2.05) is 67.8 Å². The number of benzene rings is 2. The normalized spacial score (nSPS) is 23.7. The molecule has 0 radical (unpaired) electrons. The zero-order valence-electron chi connectivity index (χ0n) is 36.4. The molecule has 2 saturated carbocycles. The van der Waals surface area contributed by atoms with Gasteiger partial charge in [0.25, 0.3) is 0 Å². The van der Waals surface area contributed by atoms with Gasteiger partial charge in [0.1, 0.15) is 34.8 Å². The molecule has 326 valence electrons. The Morgan fingerprint density at radius 1 is 0.694 bits per heavy atom. The van der Waals surface area contributed by atoms with E-state index in [0.717, 1.165) is 94.8 Å². The highest BCUT2D eigenvalue weighted by Gasteiger charge is 2.58. The van der Waals surface area contributed by atoms with Crippen LogP contribution in [0.15, 0.2) is 55.1 Å². The molecule has 2 aliphatic heterocycles. The van der Waals surface area contributed by atoms with Gasteiger partial charge in [-0.15, -0.1) is 0 Å². The van der Waals surface area contributed by atoms with Crippen molar-refractivity contribution >= 4 is 35.0 Å². The van der Waals surface area contributed by atoms with E-state index >= 15 is 0 Å². The summed E-state index contributed by atoms with van der Waals surface area (Å²) in [5, 5.41) is 5.53. The van der Waals surface area contributed by atoms with Crippen molar-refractivity contribution in [1.82, 2.24) is 49.9 Å². The molecule has 4 bridgehead atoms. The van der Waals surface area contributed by atoms with Gasteiger partial charge in [-0.3, -0.25) is 9.59 Å². The number of hydrogen-bond acceptors (Lipinski definition) is 9. The van der Waals surface area contributed by atoms with Crippen LogP contribution in [0.3, 0.4) is 0 Å². The van der Waals surface area contributed by atoms with Crippen LogP contribution in [-0.4, -0.2) is 103 Å². The number of H-pyrrole nitrogens is 2. The van der Waals surface area contributed by atoms with Crippen LogP contribution in [0.2, 0.25) is 0 Å². The Morgan fingerprint density at radius 3 is 1.68 bits per heavy atom. The number of aromatic nitrogens is 6. The topological polar surface area (TPSA) is 192 Å². The Labute approximate surface area is 360 Å². The molecule has 4 N–H and O–H groups in total. The van der Waals surface area contributed by atoms with E-state index in [1.165, 1.54) is 14.2 Å². The molecule has 9 rings (SSSR count). The SMILES string of the molecule is COC(=O)N[C@H](C(=O)N1C[C@H]2CCC1(c1ncc(-c3ccc(-c4ccc(-c5cnc([C@]67CC[C@H](CN6C(=O)[C@@H](NC(=O)OC)C(C)C)C7)[nH]5)c5c4ncn5C)cc3)[nH]1)C2)C(C)C. The molecule has 2 saturated heterocycles. The van der Waals surface area contributed by atoms with Crippen molar-refractivity contribution in [1.29, 1.82) is 0 Å². The van der Waals surface area contributed by atoms with Crippen LogP contribution in [0.1, 0.15) is 77.9 Å². The Balaban J connectivity index is 0.967. The molecule has 3 aromatic heterocycles. The summed E-state index contributed by atoms with van der Waals surface area (Å²) in [4.78, 5) is 78.3. The number of carbonyl (C=O) groups excluding carboxylic acids is 4. The predicted octanol–water partition coefficient (Wildman–Crippen LogP) is 6.46. The maximum Gasteiger partial charge on any atom is 0.407 e. The summed E-state index contributed by atoms with van der Waals surface area (Å²) in [6.45, 7) is 8.96. The summed E-state index contributed by atoms with van der Waals surface area (Å²) < 4.78 is 11.7. The maximum absolute atomic E-state index is 14.1. The van der Waals surface area contributed by atoms with E-state index in [-0.39, 0.29) is 23.7 Å². The first kappa shape index (κ1) is 41.2. The van der Waals surface area contributed by atoms with Gasteiger partial charge in [-0.1, -0.05) is 58.0 Å². The second-order valence-corrected chi connectivity index (χ2v) is 18.5. The van der Waals surface area contributed by atoms with E-state index in [2.05, 4.69) is 57.0 Å². The number of imidazole rings is 3. The number of nitrogens with one attached hydrogen (secondary N) is 4. The van der Waals surface area contributed by atoms with Crippen LogP contribution in [0, 0.1) is 23.7 Å². The first-order chi connectivity index (χ1) is 29.8. The maximum atomic E-state index is 14.1. The minimum absolute atomic E-state index is 0.111. The van der Waals surface area contributed by atoms with Crippen LogP contribution in [-0.2, 0) is 37.2 Å². The number of carbonyl (C=O) groups is 4. The summed E-state index contributed by atoms with van der Waals surface area (Å²) in [5.74, 6) is 1.81. The van der Waals surface area contributed by atoms with Gasteiger partial charge >= 0.3 is 12.2 Å². The molecule has 1 unspecified atom stereocenters. The summed E-state index contributed by atoms with van der Waals surface area (Å²) >= 11 is 0. The first-order valence-electron chi connectivity index (χ1n) is 21.7. The molecule has 5 aromatic rings. The fraction of sp³-hybridized carbons (Fsp3) is 0.500. The predicted molar refractivity (Wildman–Crippen MR) is 231 cm³/mol. The van der Waals surface area contributed by atoms with Crippen molar-refractivity contribution in [3.05, 3.63) is 66.8 Å². The van der Waals surface area contributed by atoms with Crippen LogP contribution in [0.25, 0.3) is 44.7 Å². The van der Waals surface area contributed by atoms with Crippen molar-refractivity contribution < 1.29 is 28.7 Å². The van der Waals surface area contributed by atoms with Crippen molar-refractivity contribution in [3.63, 3.8) is 0 Å². The van der Waals surface area contributed by atoms with Gasteiger partial charge in [-0.05, 0) is 79.4 Å². The molecule has 16 nitrogen and oxygen atoms in total. The highest BCUT2D eigenvalue weighted by atomic mass is 16.5. The lowest BCUT2D eigenvalue weighted by molar-refractivity contribution is -0.141. The third-order valence-electron chi connectivity index (χ3n) is 14.1. The lowest BCUT2D eigenvalue weighted by Gasteiger charge is -2.40. The minimum atomic E-state index is -0.711. The first-order valence-corrected chi connectivity index (χ1v) is 21.7. The Kier molecular flexibility index (Phi) is 10.4. The number of rotatable bonds is 11. The number of likely N-dealkylation sites (tertiary alicyclic amines) is 2. The summed E-state index contributed by atoms with van der Waals surface area (Å²) in [7, 11) is 4.59. The summed E-state index contributed by atoms with van der Waals surface area (Å²) in [6, 6.07) is 11.1. The van der Waals surface area contributed by atoms with E-state index in [0.29, 0.717) is 24.9 Å². The van der Waals surface area contributed by atoms with E-state index in [4.69, 9.17) is 24.4 Å². The Hall–Kier alpha value is -6.19. The molecule has 16 heteroatoms. The number of nitrogens with zero attached hydrogens (tertiary/aromatic N) is 6. The lowest BCUT2D eigenvalue weighted by atomic mass is 9.93. The average molecular weight is 845 g/mol. The third-order valence-corrected chi connectivity index (χ3v) is 14.1. The Morgan fingerprint density at radius 2 is 1.18 bits per heavy atom. The van der Waals surface area contributed by atoms with Crippen LogP contribution < -0.4 is 10.6 Å². The van der Waals surface area contributed by atoms with Gasteiger partial charge in [-0.2, -0.15) is 0 Å². The number of piperidine rings is 2. The Bertz CT molecular complexity index is 2540. The number of alkyl carbamates (subject to hydrolysis) is 2.